The Morgan fingerprint density at radius 3 is 1.27 bits per heavy atom. The molecule has 698 valence electrons. The summed E-state index contributed by atoms with van der Waals surface area (Å²) in [6.07, 6.45) is 27.3. The molecule has 0 radical (unpaired) electrons. The van der Waals surface area contributed by atoms with Crippen LogP contribution in [0.5, 0.6) is 0 Å². The van der Waals surface area contributed by atoms with Crippen molar-refractivity contribution in [2.45, 2.75) is 201 Å². The number of anilines is 2. The van der Waals surface area contributed by atoms with Crippen molar-refractivity contribution >= 4 is 68.6 Å². The van der Waals surface area contributed by atoms with E-state index < -0.39 is 23.6 Å². The quantitative estimate of drug-likeness (QED) is 0.0226. The van der Waals surface area contributed by atoms with Crippen LogP contribution in [0.2, 0.25) is 0 Å². The van der Waals surface area contributed by atoms with Gasteiger partial charge in [0.15, 0.2) is 11.6 Å². The molecule has 2 saturated heterocycles. The highest BCUT2D eigenvalue weighted by molar-refractivity contribution is 9.10. The minimum Gasteiger partial charge on any atom is -0.466 e. The second kappa shape index (κ2) is 57.5. The molecule has 2 aliphatic heterocycles. The van der Waals surface area contributed by atoms with Crippen LogP contribution in [0, 0.1) is 47.1 Å². The first-order chi connectivity index (χ1) is 61.5. The lowest BCUT2D eigenvalue weighted by Gasteiger charge is -2.34. The van der Waals surface area contributed by atoms with E-state index in [1.54, 1.807) is 24.8 Å². The number of ketones is 2. The van der Waals surface area contributed by atoms with Gasteiger partial charge in [-0.05, 0) is 197 Å². The van der Waals surface area contributed by atoms with E-state index in [4.69, 9.17) is 69.4 Å². The number of benzene rings is 5. The minimum absolute atomic E-state index is 0. The van der Waals surface area contributed by atoms with E-state index in [1.807, 2.05) is 49.4 Å². The fraction of sp³-hybridized carbons (Fsp3) is 0.515. The van der Waals surface area contributed by atoms with Gasteiger partial charge in [0.25, 0.3) is 0 Å². The van der Waals surface area contributed by atoms with Gasteiger partial charge in [-0.3, -0.25) is 19.2 Å². The van der Waals surface area contributed by atoms with Crippen LogP contribution in [0.1, 0.15) is 213 Å². The molecule has 6 aliphatic carbocycles. The van der Waals surface area contributed by atoms with Gasteiger partial charge in [-0.25, -0.2) is 38.3 Å². The third-order valence-corrected chi connectivity index (χ3v) is 23.3. The molecule has 29 heteroatoms. The molecule has 8 aliphatic rings. The molecule has 5 aromatic carbocycles. The number of carbonyl (C=O) groups is 6. The number of aliphatic hydroxyl groups is 3. The summed E-state index contributed by atoms with van der Waals surface area (Å²) in [5.74, 6) is -0.368. The highest BCUT2D eigenvalue weighted by atomic mass is 79.9. The van der Waals surface area contributed by atoms with Crippen molar-refractivity contribution in [3.05, 3.63) is 207 Å². The predicted octanol–water partition coefficient (Wildman–Crippen LogP) is 17.7. The van der Waals surface area contributed by atoms with Crippen molar-refractivity contribution in [2.75, 3.05) is 105 Å². The molecule has 26 nitrogen and oxygen atoms in total. The SMILES string of the molecule is C.CC1=CCC(COCc2ccccc2)CC1.CCOC(=O)C1CCC(=O)CC1.CCOC(=O)C1CCC2(CC1)OCCO2.COC(=O)c1ccc(-c2nc(Br)cnc2N)cc1F.COC(=O)c1ccc(-c2nc(C3=CCC(COCc4ccccc4)CC3)cnc2N)cc1F.O=C1CCC(COCc2ccccc2)CC1.OCC1CCC2(CC1)OCCO2.OCCO. The summed E-state index contributed by atoms with van der Waals surface area (Å²) in [4.78, 5) is 84.5. The number of methoxy groups -OCH3 is 2. The number of allylic oxidation sites excluding steroid dienone is 4. The Hall–Kier alpha value is -9.50. The molecular weight excluding hydrogens is 1710 g/mol. The zero-order valence-corrected chi connectivity index (χ0v) is 75.5. The van der Waals surface area contributed by atoms with Gasteiger partial charge in [-0.1, -0.05) is 128 Å². The number of nitrogens with zero attached hydrogens (tertiary/aromatic N) is 4. The van der Waals surface area contributed by atoms with Crippen LogP contribution in [0.15, 0.2) is 162 Å². The van der Waals surface area contributed by atoms with Crippen molar-refractivity contribution in [3.63, 3.8) is 0 Å². The number of hydrogen-bond acceptors (Lipinski definition) is 26. The second-order valence-electron chi connectivity index (χ2n) is 32.2. The zero-order valence-electron chi connectivity index (χ0n) is 73.9. The van der Waals surface area contributed by atoms with E-state index in [9.17, 15) is 37.5 Å². The van der Waals surface area contributed by atoms with Crippen LogP contribution >= 0.6 is 15.9 Å². The smallest absolute Gasteiger partial charge is 0.340 e. The van der Waals surface area contributed by atoms with Crippen molar-refractivity contribution in [1.82, 2.24) is 19.9 Å². The summed E-state index contributed by atoms with van der Waals surface area (Å²) in [7, 11) is 2.40. The molecule has 2 unspecified atom stereocenters. The number of esters is 4. The van der Waals surface area contributed by atoms with Gasteiger partial charge < -0.3 is 78.9 Å². The third-order valence-electron chi connectivity index (χ3n) is 22.9. The van der Waals surface area contributed by atoms with E-state index in [-0.39, 0.29) is 84.5 Å². The van der Waals surface area contributed by atoms with E-state index >= 15 is 0 Å². The molecule has 2 atom stereocenters. The van der Waals surface area contributed by atoms with Gasteiger partial charge in [0, 0.05) is 75.7 Å². The van der Waals surface area contributed by atoms with Crippen molar-refractivity contribution in [3.8, 4) is 22.5 Å². The van der Waals surface area contributed by atoms with Crippen LogP contribution in [0.3, 0.4) is 0 Å². The van der Waals surface area contributed by atoms with E-state index in [2.05, 4.69) is 113 Å². The highest BCUT2D eigenvalue weighted by Crippen LogP contribution is 2.41. The van der Waals surface area contributed by atoms with Crippen molar-refractivity contribution in [1.29, 1.82) is 0 Å². The number of aromatic nitrogens is 4. The maximum atomic E-state index is 14.4. The molecule has 4 heterocycles. The number of rotatable bonds is 23. The van der Waals surface area contributed by atoms with Gasteiger partial charge >= 0.3 is 23.9 Å². The Morgan fingerprint density at radius 1 is 0.492 bits per heavy atom. The molecule has 6 fully saturated rings. The lowest BCUT2D eigenvalue weighted by atomic mass is 9.85. The molecule has 7 aromatic rings. The topological polar surface area (TPSA) is 368 Å². The summed E-state index contributed by atoms with van der Waals surface area (Å²) in [5, 5.41) is 24.2. The number of Topliss-reactive ketones (excluding diaryl/α,β-unsaturated/α-hetero) is 2. The number of nitrogen functional groups attached to an aromatic ring is 2. The molecule has 15 rings (SSSR count). The zero-order chi connectivity index (χ0) is 91.2. The molecule has 4 saturated carbocycles. The number of carbonyl (C=O) groups excluding carboxylic acids is 6. The minimum atomic E-state index is -0.739. The fourth-order valence-corrected chi connectivity index (χ4v) is 15.7. The third kappa shape index (κ3) is 36.1. The van der Waals surface area contributed by atoms with Gasteiger partial charge in [0.05, 0.1) is 141 Å². The van der Waals surface area contributed by atoms with Crippen LogP contribution in [-0.2, 0) is 91.1 Å². The summed E-state index contributed by atoms with van der Waals surface area (Å²) < 4.78 is 87.3. The number of ether oxygens (including phenoxy) is 11. The average Bonchev–Trinajstić information content (AvgIpc) is 1.65. The molecule has 128 heavy (non-hydrogen) atoms. The molecule has 2 aromatic heterocycles. The number of hydrogen-bond donors (Lipinski definition) is 5. The summed E-state index contributed by atoms with van der Waals surface area (Å²) in [6, 6.07) is 38.9. The molecule has 0 amide bonds. The fourth-order valence-electron chi connectivity index (χ4n) is 15.5. The second-order valence-corrected chi connectivity index (χ2v) is 33.0. The van der Waals surface area contributed by atoms with Gasteiger partial charge in [0.1, 0.15) is 50.8 Å². The lowest BCUT2D eigenvalue weighted by Crippen LogP contribution is -2.37. The number of aliphatic hydroxyl groups excluding tert-OH is 3. The first-order valence-corrected chi connectivity index (χ1v) is 44.9. The van der Waals surface area contributed by atoms with Crippen LogP contribution in [0.25, 0.3) is 28.1 Å². The maximum Gasteiger partial charge on any atom is 0.340 e. The van der Waals surface area contributed by atoms with Crippen molar-refractivity contribution < 1.29 is 105 Å². The van der Waals surface area contributed by atoms with Crippen LogP contribution < -0.4 is 11.5 Å². The van der Waals surface area contributed by atoms with Gasteiger partial charge in [-0.15, -0.1) is 0 Å². The van der Waals surface area contributed by atoms with Crippen LogP contribution in [0.4, 0.5) is 20.4 Å². The summed E-state index contributed by atoms with van der Waals surface area (Å²) in [6.45, 7) is 14.1. The number of nitrogens with two attached hydrogens (primary N) is 2. The molecule has 7 N–H and O–H groups in total. The predicted molar refractivity (Wildman–Crippen MR) is 487 cm³/mol. The summed E-state index contributed by atoms with van der Waals surface area (Å²) >= 11 is 3.16. The van der Waals surface area contributed by atoms with Crippen LogP contribution in [-0.4, -0.2) is 176 Å². The largest absolute Gasteiger partial charge is 0.466 e. The van der Waals surface area contributed by atoms with Crippen molar-refractivity contribution in [2.24, 2.45) is 35.5 Å². The first-order valence-electron chi connectivity index (χ1n) is 44.1. The summed E-state index contributed by atoms with van der Waals surface area (Å²) in [5.41, 5.74) is 20.0. The molecule has 2 spiro atoms. The van der Waals surface area contributed by atoms with E-state index in [0.29, 0.717) is 129 Å². The number of halogens is 3. The Labute approximate surface area is 760 Å². The van der Waals surface area contributed by atoms with E-state index in [1.165, 1.54) is 86.7 Å². The maximum absolute atomic E-state index is 14.4. The Kier molecular flexibility index (Phi) is 47.4. The standard InChI is InChI=1S/C26H26FN3O3.C15H20O.C14H18O2.C12H9BrFN3O2.C11H18O4.C9H16O3.C9H14O3.C2H6O2.CH4/c1-32-26(31)21-12-11-20(13-22(21)27)24-25(28)29-14-23(30-24)19-9-7-18(8-10-19)16-33-15-17-5-3-2-4-6-17;1-13-7-9-15(10-8-13)12-16-11-14-5-3-2-4-6-14;15-14-8-6-13(7-9-14)11-16-10-12-4-2-1-3-5-12;1-19-12(18)7-3-2-6(4-8(7)14)10-11(15)16-5-9(13)17-10;1-2-13-10(12)9-3-5-11(6-4-9)14-7-8-15-11;10-7-8-1-3-9(4-2-8)11-5-6-12-9;1-2-12-9(11)7-3-5-8(10)6-4-7;3-1-2-4;/h2-6,9,11-14,18H,7-8,10,15-16H2,1H3,(H2,28,29);2-7,15H,8-12H2,1H3;1-5,13H,6-11H2;2-5H,1H3,(H2,15,16);9H,2-8H2,1H3;8,10H,1-7H2;7H,2-6H2,1H3;3-4H,1-2H2;1H4. The van der Waals surface area contributed by atoms with E-state index in [0.717, 1.165) is 147 Å². The van der Waals surface area contributed by atoms with Gasteiger partial charge in [-0.2, -0.15) is 0 Å². The Morgan fingerprint density at radius 2 is 0.883 bits per heavy atom. The Bertz CT molecular complexity index is 4540. The van der Waals surface area contributed by atoms with Gasteiger partial charge in [0.2, 0.25) is 0 Å². The normalized spacial score (nSPS) is 18.6. The first kappa shape index (κ1) is 106. The monoisotopic (exact) mass is 1840 g/mol. The molecular formula is C99H131BrF2N6O20. The Balaban J connectivity index is 0.000000209. The average molecular weight is 1840 g/mol. The highest BCUT2D eigenvalue weighted by Gasteiger charge is 2.43. The molecule has 0 bridgehead atoms. The lowest BCUT2D eigenvalue weighted by molar-refractivity contribution is -0.187.